The highest BCUT2D eigenvalue weighted by Crippen LogP contribution is 2.76. The quantitative estimate of drug-likeness (QED) is 0.0505. The number of aliphatic hydroxyl groups is 10. The number of hydrogen-bond acceptors (Lipinski definition) is 21. The van der Waals surface area contributed by atoms with Crippen molar-refractivity contribution in [3.63, 3.8) is 0 Å². The maximum atomic E-state index is 13.8. The molecule has 3 aliphatic heterocycles. The van der Waals surface area contributed by atoms with Crippen molar-refractivity contribution in [1.29, 1.82) is 0 Å². The zero-order valence-electron chi connectivity index (χ0n) is 47.3. The lowest BCUT2D eigenvalue weighted by molar-refractivity contribution is -0.386. The van der Waals surface area contributed by atoms with Gasteiger partial charge in [0, 0.05) is 16.6 Å². The molecule has 22 nitrogen and oxygen atoms in total. The van der Waals surface area contributed by atoms with Gasteiger partial charge in [-0.15, -0.1) is 0 Å². The molecule has 9 unspecified atom stereocenters. The lowest BCUT2D eigenvalue weighted by atomic mass is 9.33. The first-order valence-corrected chi connectivity index (χ1v) is 28.0. The van der Waals surface area contributed by atoms with E-state index in [1.807, 2.05) is 13.8 Å². The van der Waals surface area contributed by atoms with Gasteiger partial charge < -0.3 is 94.1 Å². The first kappa shape index (κ1) is 62.0. The molecular formula is C57H88O22. The van der Waals surface area contributed by atoms with Crippen molar-refractivity contribution in [2.45, 2.75) is 232 Å². The van der Waals surface area contributed by atoms with Crippen LogP contribution in [0.25, 0.3) is 0 Å². The van der Waals surface area contributed by atoms with Crippen LogP contribution in [0.4, 0.5) is 0 Å². The molecule has 3 heterocycles. The molecule has 3 saturated heterocycles. The molecular weight excluding hydrogens is 1040 g/mol. The number of aliphatic carboxylic acids is 1. The molecule has 7 fully saturated rings. The number of aliphatic hydroxyl groups excluding tert-OH is 10. The normalized spacial score (nSPS) is 48.6. The molecule has 0 amide bonds. The van der Waals surface area contributed by atoms with Gasteiger partial charge in [-0.25, -0.2) is 14.4 Å². The second-order valence-corrected chi connectivity index (χ2v) is 26.0. The van der Waals surface area contributed by atoms with Crippen molar-refractivity contribution in [1.82, 2.24) is 0 Å². The fourth-order valence-corrected chi connectivity index (χ4v) is 16.2. The van der Waals surface area contributed by atoms with E-state index in [2.05, 4.69) is 40.7 Å². The summed E-state index contributed by atoms with van der Waals surface area (Å²) in [5.74, 6) is -3.40. The summed E-state index contributed by atoms with van der Waals surface area (Å²) in [5.41, 5.74) is -2.71. The average Bonchev–Trinajstić information content (AvgIpc) is 3.87. The lowest BCUT2D eigenvalue weighted by Crippen LogP contribution is -2.72. The number of allylic oxidation sites excluding steroid dienone is 4. The number of hydrogen-bond donors (Lipinski definition) is 11. The Balaban J connectivity index is 1.12. The zero-order chi connectivity index (χ0) is 58.4. The van der Waals surface area contributed by atoms with Crippen LogP contribution in [-0.4, -0.2) is 204 Å². The molecule has 0 aromatic carbocycles. The Bertz CT molecular complexity index is 2350. The van der Waals surface area contributed by atoms with Crippen molar-refractivity contribution in [3.05, 3.63) is 34.9 Å². The highest BCUT2D eigenvalue weighted by Gasteiger charge is 2.74. The zero-order valence-corrected chi connectivity index (χ0v) is 47.3. The van der Waals surface area contributed by atoms with Crippen LogP contribution in [0.1, 0.15) is 121 Å². The van der Waals surface area contributed by atoms with Crippen LogP contribution in [-0.2, 0) is 52.3 Å². The fourth-order valence-electron chi connectivity index (χ4n) is 16.2. The predicted molar refractivity (Wildman–Crippen MR) is 275 cm³/mol. The molecule has 0 aromatic heterocycles. The van der Waals surface area contributed by atoms with Crippen LogP contribution in [0.3, 0.4) is 0 Å². The molecule has 5 aliphatic carbocycles. The Kier molecular flexibility index (Phi) is 17.7. The Hall–Kier alpha value is -3.01. The highest BCUT2D eigenvalue weighted by molar-refractivity contribution is 5.89. The SMILES string of the molecule is C/C=C(/C)C(=O)OC1[C@H](OC(=O)/C(C)=C\C)[C@@]2(CO)C(CC1(C)C)C1=CCC3[C@@]4(C)CC[C@H](O[C@@H]5OC(C(=O)O)[C@@H](O)C(O[C@@H]6O[C@@H](CO)C(O)[C@@H]6O)[C@@H]5O[C@@H]5OC(CO)[C@H](O)C(O)[C@@H]5O)C(C)(C)C4CC[C@@]3(C)[C@]1(C)C[C@H]2O. The molecule has 0 spiro atoms. The van der Waals surface area contributed by atoms with Gasteiger partial charge in [-0.3, -0.25) is 0 Å². The van der Waals surface area contributed by atoms with Gasteiger partial charge in [0.15, 0.2) is 31.1 Å². The molecule has 11 N–H and O–H groups in total. The second-order valence-electron chi connectivity index (χ2n) is 26.0. The number of carboxylic acid groups (broad SMARTS) is 1. The van der Waals surface area contributed by atoms with Crippen LogP contribution in [0.5, 0.6) is 0 Å². The van der Waals surface area contributed by atoms with Crippen LogP contribution >= 0.6 is 0 Å². The van der Waals surface area contributed by atoms with Crippen LogP contribution in [0.2, 0.25) is 0 Å². The van der Waals surface area contributed by atoms with E-state index in [0.717, 1.165) is 5.57 Å². The van der Waals surface area contributed by atoms with Crippen molar-refractivity contribution < 1.29 is 108 Å². The molecule has 22 heteroatoms. The molecule has 0 bridgehead atoms. The van der Waals surface area contributed by atoms with Gasteiger partial charge >= 0.3 is 17.9 Å². The van der Waals surface area contributed by atoms with E-state index in [4.69, 9.17) is 37.9 Å². The fraction of sp³-hybridized carbons (Fsp3) is 0.842. The number of carbonyl (C=O) groups is 3. The molecule has 8 aliphatic rings. The summed E-state index contributed by atoms with van der Waals surface area (Å²) in [4.78, 5) is 40.3. The van der Waals surface area contributed by atoms with Crippen molar-refractivity contribution in [2.24, 2.45) is 50.2 Å². The van der Waals surface area contributed by atoms with E-state index in [1.54, 1.807) is 39.8 Å². The van der Waals surface area contributed by atoms with E-state index in [0.29, 0.717) is 49.7 Å². The molecule has 0 radical (unpaired) electrons. The van der Waals surface area contributed by atoms with E-state index in [9.17, 15) is 70.6 Å². The Morgan fingerprint density at radius 3 is 1.73 bits per heavy atom. The summed E-state index contributed by atoms with van der Waals surface area (Å²) in [6.07, 6.45) is -20.2. The number of ether oxygens (including phenoxy) is 8. The first-order valence-electron chi connectivity index (χ1n) is 28.0. The van der Waals surface area contributed by atoms with E-state index in [-0.39, 0.29) is 23.7 Å². The predicted octanol–water partition coefficient (Wildman–Crippen LogP) is 1.29. The Morgan fingerprint density at radius 2 is 1.19 bits per heavy atom. The smallest absolute Gasteiger partial charge is 0.335 e. The molecule has 4 saturated carbocycles. The third kappa shape index (κ3) is 9.99. The van der Waals surface area contributed by atoms with Crippen molar-refractivity contribution >= 4 is 17.9 Å². The largest absolute Gasteiger partial charge is 0.479 e. The standard InChI is InChI=1S/C57H88O22/c1-12-25(3)47(70)78-44-45(79-48(71)26(4)13-2)57(24-60)28(20-52(44,5)6)27-14-15-32-54(9)18-17-34(53(7,8)31(54)16-19-55(32,10)56(27,11)21-33(57)61)74-51-43(77-50-39(66)37(64)35(62)29(22-58)72-50)41(40(67)42(76-51)46(68)69)75-49-38(65)36(63)30(23-59)73-49/h12-14,28-45,49-51,58-67H,15-24H2,1-11H3,(H,68,69)/b25-12-,26-13-/t28?,29?,30-,31?,32?,33+,34-,35-,36?,37?,38-,39-,40-,41?,42?,43-,44?,45-,49-,50-,51+,54-,55+,56+,57-/m0/s1. The van der Waals surface area contributed by atoms with Gasteiger partial charge in [0.05, 0.1) is 37.4 Å². The molecule has 8 rings (SSSR count). The average molecular weight is 1130 g/mol. The number of carbonyl (C=O) groups excluding carboxylic acids is 2. The van der Waals surface area contributed by atoms with E-state index < -0.39 is 181 Å². The Morgan fingerprint density at radius 1 is 0.646 bits per heavy atom. The third-order valence-corrected chi connectivity index (χ3v) is 21.3. The lowest BCUT2D eigenvalue weighted by Gasteiger charge is -2.72. The minimum atomic E-state index is -2.10. The minimum Gasteiger partial charge on any atom is -0.479 e. The van der Waals surface area contributed by atoms with Gasteiger partial charge in [-0.2, -0.15) is 0 Å². The third-order valence-electron chi connectivity index (χ3n) is 21.3. The number of rotatable bonds is 14. The maximum absolute atomic E-state index is 13.8. The summed E-state index contributed by atoms with van der Waals surface area (Å²) in [6, 6.07) is 0. The van der Waals surface area contributed by atoms with Gasteiger partial charge in [-0.05, 0) is 112 Å². The number of carboxylic acids is 1. The van der Waals surface area contributed by atoms with Crippen LogP contribution < -0.4 is 0 Å². The highest BCUT2D eigenvalue weighted by atomic mass is 16.8. The minimum absolute atomic E-state index is 0.0232. The van der Waals surface area contributed by atoms with Gasteiger partial charge in [0.2, 0.25) is 0 Å². The van der Waals surface area contributed by atoms with Gasteiger partial charge in [-0.1, -0.05) is 72.3 Å². The second kappa shape index (κ2) is 22.5. The molecule has 448 valence electrons. The first-order chi connectivity index (χ1) is 36.9. The summed E-state index contributed by atoms with van der Waals surface area (Å²) in [5, 5.41) is 121. The van der Waals surface area contributed by atoms with Crippen molar-refractivity contribution in [3.8, 4) is 0 Å². The summed E-state index contributed by atoms with van der Waals surface area (Å²) in [6.45, 7) is 19.4. The molecule has 79 heavy (non-hydrogen) atoms. The summed E-state index contributed by atoms with van der Waals surface area (Å²) in [7, 11) is 0. The van der Waals surface area contributed by atoms with Crippen LogP contribution in [0, 0.1) is 50.2 Å². The van der Waals surface area contributed by atoms with Gasteiger partial charge in [0.1, 0.15) is 67.1 Å². The summed E-state index contributed by atoms with van der Waals surface area (Å²) >= 11 is 0. The van der Waals surface area contributed by atoms with Gasteiger partial charge in [0.25, 0.3) is 0 Å². The summed E-state index contributed by atoms with van der Waals surface area (Å²) < 4.78 is 49.2. The number of esters is 2. The van der Waals surface area contributed by atoms with Crippen molar-refractivity contribution in [2.75, 3.05) is 19.8 Å². The van der Waals surface area contributed by atoms with Crippen LogP contribution in [0.15, 0.2) is 34.9 Å². The maximum Gasteiger partial charge on any atom is 0.335 e. The number of fused-ring (bicyclic) bond motifs is 7. The molecule has 0 aromatic rings. The molecule has 25 atom stereocenters. The monoisotopic (exact) mass is 1120 g/mol. The van der Waals surface area contributed by atoms with E-state index >= 15 is 0 Å². The topological polar surface area (TPSA) is 348 Å². The van der Waals surface area contributed by atoms with E-state index in [1.165, 1.54) is 0 Å². The Labute approximate surface area is 461 Å².